The maximum Gasteiger partial charge on any atom is 0.302 e. The van der Waals surface area contributed by atoms with Gasteiger partial charge in [0, 0.05) is 13.5 Å². The van der Waals surface area contributed by atoms with Crippen LogP contribution in [0.15, 0.2) is 54.6 Å². The van der Waals surface area contributed by atoms with Crippen LogP contribution in [0.5, 0.6) is 0 Å². The number of hydrogen-bond acceptors (Lipinski definition) is 4. The Morgan fingerprint density at radius 3 is 2.38 bits per heavy atom. The molecule has 4 heteroatoms. The lowest BCUT2D eigenvalue weighted by Crippen LogP contribution is -2.29. The van der Waals surface area contributed by atoms with Crippen LogP contribution in [0.4, 0.5) is 0 Å². The van der Waals surface area contributed by atoms with Gasteiger partial charge in [-0.3, -0.25) is 4.79 Å². The van der Waals surface area contributed by atoms with E-state index in [2.05, 4.69) is 18.3 Å². The van der Waals surface area contributed by atoms with Crippen LogP contribution in [0.3, 0.4) is 0 Å². The fourth-order valence-electron chi connectivity index (χ4n) is 2.48. The zero-order valence-corrected chi connectivity index (χ0v) is 14.0. The first-order chi connectivity index (χ1) is 11.6. The zero-order chi connectivity index (χ0) is 17.4. The molecule has 0 spiro atoms. The number of nitrogens with one attached hydrogen (secondary N) is 1. The first kappa shape index (κ1) is 17.7. The van der Waals surface area contributed by atoms with Crippen molar-refractivity contribution in [2.24, 2.45) is 0 Å². The van der Waals surface area contributed by atoms with Crippen LogP contribution in [-0.2, 0) is 9.53 Å². The van der Waals surface area contributed by atoms with Crippen molar-refractivity contribution >= 4 is 5.97 Å². The second-order valence-corrected chi connectivity index (χ2v) is 5.81. The summed E-state index contributed by atoms with van der Waals surface area (Å²) in [6, 6.07) is 19.7. The lowest BCUT2D eigenvalue weighted by Gasteiger charge is -2.21. The average molecular weight is 322 g/mol. The summed E-state index contributed by atoms with van der Waals surface area (Å²) in [7, 11) is 0. The molecule has 24 heavy (non-hydrogen) atoms. The van der Waals surface area contributed by atoms with Crippen molar-refractivity contribution in [2.45, 2.75) is 25.8 Å². The maximum atomic E-state index is 11.1. The molecule has 0 bridgehead atoms. The van der Waals surface area contributed by atoms with Gasteiger partial charge in [0.2, 0.25) is 0 Å². The molecular weight excluding hydrogens is 300 g/mol. The van der Waals surface area contributed by atoms with E-state index in [0.717, 1.165) is 12.1 Å². The van der Waals surface area contributed by atoms with Gasteiger partial charge in [-0.1, -0.05) is 49.4 Å². The normalized spacial score (nSPS) is 12.9. The summed E-state index contributed by atoms with van der Waals surface area (Å²) in [6.07, 6.45) is 0. The number of esters is 1. The Kier molecular flexibility index (Phi) is 6.53. The molecule has 2 aromatic rings. The number of nitrogens with zero attached hydrogens (tertiary/aromatic N) is 1. The van der Waals surface area contributed by atoms with Gasteiger partial charge in [-0.2, -0.15) is 5.26 Å². The van der Waals surface area contributed by atoms with E-state index in [4.69, 9.17) is 10.00 Å². The summed E-state index contributed by atoms with van der Waals surface area (Å²) in [5.41, 5.74) is 2.92. The molecule has 0 aliphatic heterocycles. The van der Waals surface area contributed by atoms with E-state index in [0.29, 0.717) is 12.2 Å². The lowest BCUT2D eigenvalue weighted by atomic mass is 9.99. The second kappa shape index (κ2) is 8.85. The van der Waals surface area contributed by atoms with Gasteiger partial charge >= 0.3 is 5.97 Å². The minimum Gasteiger partial charge on any atom is -0.464 e. The highest BCUT2D eigenvalue weighted by molar-refractivity contribution is 5.65. The van der Waals surface area contributed by atoms with Gasteiger partial charge in [0.05, 0.1) is 17.7 Å². The molecule has 0 saturated heterocycles. The highest BCUT2D eigenvalue weighted by Crippen LogP contribution is 2.18. The number of benzene rings is 2. The van der Waals surface area contributed by atoms with Gasteiger partial charge in [0.15, 0.2) is 0 Å². The number of rotatable bonds is 7. The van der Waals surface area contributed by atoms with Crippen LogP contribution in [0.25, 0.3) is 0 Å². The molecule has 0 amide bonds. The Labute approximate surface area is 143 Å². The number of nitriles is 1. The van der Waals surface area contributed by atoms with Crippen molar-refractivity contribution in [3.63, 3.8) is 0 Å². The van der Waals surface area contributed by atoms with Crippen LogP contribution >= 0.6 is 0 Å². The summed E-state index contributed by atoms with van der Waals surface area (Å²) in [5, 5.41) is 12.3. The molecule has 0 radical (unpaired) electrons. The van der Waals surface area contributed by atoms with Crippen molar-refractivity contribution in [1.29, 1.82) is 5.26 Å². The van der Waals surface area contributed by atoms with Gasteiger partial charge in [-0.05, 0) is 29.2 Å². The SMILES string of the molecule is CC(=O)OC[C@@H](NC[C@@H](C)c1ccc(C#N)cc1)c1ccccc1. The molecule has 4 nitrogen and oxygen atoms in total. The third kappa shape index (κ3) is 5.22. The molecule has 0 aliphatic rings. The van der Waals surface area contributed by atoms with Crippen molar-refractivity contribution in [3.05, 3.63) is 71.3 Å². The first-order valence-corrected chi connectivity index (χ1v) is 8.02. The molecule has 0 saturated carbocycles. The van der Waals surface area contributed by atoms with Gasteiger partial charge < -0.3 is 10.1 Å². The average Bonchev–Trinajstić information content (AvgIpc) is 2.62. The van der Waals surface area contributed by atoms with E-state index >= 15 is 0 Å². The zero-order valence-electron chi connectivity index (χ0n) is 14.0. The van der Waals surface area contributed by atoms with Gasteiger partial charge in [-0.15, -0.1) is 0 Å². The summed E-state index contributed by atoms with van der Waals surface area (Å²) in [5.74, 6) is -0.000782. The van der Waals surface area contributed by atoms with Gasteiger partial charge in [0.1, 0.15) is 6.61 Å². The standard InChI is InChI=1S/C20H22N2O2/c1-15(18-10-8-17(12-21)9-11-18)13-22-20(14-24-16(2)23)19-6-4-3-5-7-19/h3-11,15,20,22H,13-14H2,1-2H3/t15-,20-/m1/s1. The lowest BCUT2D eigenvalue weighted by molar-refractivity contribution is -0.141. The topological polar surface area (TPSA) is 62.1 Å². The maximum absolute atomic E-state index is 11.1. The van der Waals surface area contributed by atoms with Crippen molar-refractivity contribution in [2.75, 3.05) is 13.2 Å². The monoisotopic (exact) mass is 322 g/mol. The smallest absolute Gasteiger partial charge is 0.302 e. The predicted octanol–water partition coefficient (Wildman–Crippen LogP) is 3.56. The molecule has 0 aliphatic carbocycles. The Morgan fingerprint density at radius 2 is 1.79 bits per heavy atom. The third-order valence-corrected chi connectivity index (χ3v) is 3.93. The summed E-state index contributed by atoms with van der Waals surface area (Å²) < 4.78 is 5.19. The molecule has 0 heterocycles. The van der Waals surface area contributed by atoms with Crippen LogP contribution in [0.2, 0.25) is 0 Å². The Bertz CT molecular complexity index is 690. The predicted molar refractivity (Wildman–Crippen MR) is 93.4 cm³/mol. The Hall–Kier alpha value is -2.64. The fraction of sp³-hybridized carbons (Fsp3) is 0.300. The summed E-state index contributed by atoms with van der Waals surface area (Å²) >= 11 is 0. The number of hydrogen-bond donors (Lipinski definition) is 1. The molecule has 0 unspecified atom stereocenters. The van der Waals surface area contributed by atoms with E-state index in [-0.39, 0.29) is 17.9 Å². The van der Waals surface area contributed by atoms with Gasteiger partial charge in [0.25, 0.3) is 0 Å². The molecule has 124 valence electrons. The van der Waals surface area contributed by atoms with Crippen LogP contribution < -0.4 is 5.32 Å². The van der Waals surface area contributed by atoms with Crippen LogP contribution in [0.1, 0.15) is 42.5 Å². The molecule has 1 N–H and O–H groups in total. The largest absolute Gasteiger partial charge is 0.464 e. The molecular formula is C20H22N2O2. The highest BCUT2D eigenvalue weighted by atomic mass is 16.5. The fourth-order valence-corrected chi connectivity index (χ4v) is 2.48. The van der Waals surface area contributed by atoms with E-state index in [1.807, 2.05) is 54.6 Å². The van der Waals surface area contributed by atoms with Gasteiger partial charge in [-0.25, -0.2) is 0 Å². The minimum absolute atomic E-state index is 0.0454. The molecule has 2 rings (SSSR count). The van der Waals surface area contributed by atoms with E-state index in [1.54, 1.807) is 0 Å². The molecule has 0 fully saturated rings. The van der Waals surface area contributed by atoms with Crippen molar-refractivity contribution in [3.8, 4) is 6.07 Å². The summed E-state index contributed by atoms with van der Waals surface area (Å²) in [6.45, 7) is 4.59. The number of carbonyl (C=O) groups excluding carboxylic acids is 1. The molecule has 2 aromatic carbocycles. The number of carbonyl (C=O) groups is 1. The second-order valence-electron chi connectivity index (χ2n) is 5.81. The van der Waals surface area contributed by atoms with Crippen LogP contribution in [-0.4, -0.2) is 19.1 Å². The van der Waals surface area contributed by atoms with E-state index < -0.39 is 0 Å². The first-order valence-electron chi connectivity index (χ1n) is 8.02. The molecule has 0 aromatic heterocycles. The van der Waals surface area contributed by atoms with E-state index in [9.17, 15) is 4.79 Å². The quantitative estimate of drug-likeness (QED) is 0.792. The minimum atomic E-state index is -0.280. The van der Waals surface area contributed by atoms with Crippen LogP contribution in [0, 0.1) is 11.3 Å². The van der Waals surface area contributed by atoms with Crippen molar-refractivity contribution < 1.29 is 9.53 Å². The highest BCUT2D eigenvalue weighted by Gasteiger charge is 2.14. The Morgan fingerprint density at radius 1 is 1.12 bits per heavy atom. The Balaban J connectivity index is 2.00. The third-order valence-electron chi connectivity index (χ3n) is 3.93. The molecule has 2 atom stereocenters. The number of ether oxygens (including phenoxy) is 1. The summed E-state index contributed by atoms with van der Waals surface area (Å²) in [4.78, 5) is 11.1. The van der Waals surface area contributed by atoms with Crippen molar-refractivity contribution in [1.82, 2.24) is 5.32 Å². The van der Waals surface area contributed by atoms with E-state index in [1.165, 1.54) is 12.5 Å².